The molecule has 0 aromatic heterocycles. The molecule has 1 saturated carbocycles. The lowest BCUT2D eigenvalue weighted by atomic mass is 9.83. The number of likely N-dealkylation sites (N-methyl/N-ethyl adjacent to an activating group) is 1. The van der Waals surface area contributed by atoms with E-state index in [2.05, 4.69) is 24.3 Å². The molecular weight excluding hydrogens is 478 g/mol. The zero-order valence-electron chi connectivity index (χ0n) is 22.8. The number of likely N-dealkylation sites (tertiary alicyclic amines) is 2. The Hall–Kier alpha value is -3.35. The third-order valence-electron chi connectivity index (χ3n) is 8.75. The van der Waals surface area contributed by atoms with Gasteiger partial charge >= 0.3 is 0 Å². The lowest BCUT2D eigenvalue weighted by molar-refractivity contribution is -0.141. The van der Waals surface area contributed by atoms with Crippen LogP contribution in [-0.4, -0.2) is 78.8 Å². The molecule has 2 aromatic carbocycles. The third kappa shape index (κ3) is 5.57. The summed E-state index contributed by atoms with van der Waals surface area (Å²) in [7, 11) is 3.50. The number of piperidine rings is 2. The molecule has 7 nitrogen and oxygen atoms in total. The molecule has 0 bridgehead atoms. The number of rotatable bonds is 6. The average Bonchev–Trinajstić information content (AvgIpc) is 3.82. The zero-order chi connectivity index (χ0) is 26.8. The van der Waals surface area contributed by atoms with Gasteiger partial charge in [0, 0.05) is 63.6 Å². The maximum Gasteiger partial charge on any atom is 0.253 e. The minimum atomic E-state index is -0.0429. The quantitative estimate of drug-likeness (QED) is 0.573. The van der Waals surface area contributed by atoms with Crippen molar-refractivity contribution in [3.05, 3.63) is 65.2 Å². The molecular formula is C31H39N3O4. The van der Waals surface area contributed by atoms with E-state index in [0.29, 0.717) is 37.7 Å². The van der Waals surface area contributed by atoms with Crippen LogP contribution in [-0.2, 0) is 9.59 Å². The van der Waals surface area contributed by atoms with Crippen molar-refractivity contribution in [2.75, 3.05) is 40.3 Å². The van der Waals surface area contributed by atoms with Gasteiger partial charge in [-0.3, -0.25) is 14.4 Å². The second-order valence-corrected chi connectivity index (χ2v) is 11.1. The first-order valence-corrected chi connectivity index (χ1v) is 13.9. The fourth-order valence-corrected chi connectivity index (χ4v) is 6.15. The van der Waals surface area contributed by atoms with Crippen LogP contribution in [0, 0.1) is 5.92 Å². The Bertz CT molecular complexity index is 1150. The van der Waals surface area contributed by atoms with Gasteiger partial charge in [0.15, 0.2) is 0 Å². The molecule has 3 fully saturated rings. The topological polar surface area (TPSA) is 70.2 Å². The number of nitrogens with zero attached hydrogens (tertiary/aromatic N) is 3. The van der Waals surface area contributed by atoms with Crippen molar-refractivity contribution >= 4 is 17.7 Å². The molecule has 2 atom stereocenters. The Balaban J connectivity index is 1.34. The molecule has 7 heteroatoms. The summed E-state index contributed by atoms with van der Waals surface area (Å²) in [5.74, 6) is 1.65. The monoisotopic (exact) mass is 517 g/mol. The van der Waals surface area contributed by atoms with Crippen molar-refractivity contribution in [1.82, 2.24) is 14.7 Å². The predicted octanol–water partition coefficient (Wildman–Crippen LogP) is 4.29. The van der Waals surface area contributed by atoms with Gasteiger partial charge in [-0.2, -0.15) is 0 Å². The number of carbonyl (C=O) groups is 3. The number of ether oxygens (including phenoxy) is 1. The Morgan fingerprint density at radius 3 is 2.00 bits per heavy atom. The molecule has 202 valence electrons. The first-order chi connectivity index (χ1) is 18.4. The van der Waals surface area contributed by atoms with Crippen LogP contribution in [0.3, 0.4) is 0 Å². The number of carbonyl (C=O) groups excluding carboxylic acids is 3. The first-order valence-electron chi connectivity index (χ1n) is 13.9. The molecule has 38 heavy (non-hydrogen) atoms. The Labute approximate surface area is 225 Å². The molecule has 3 amide bonds. The van der Waals surface area contributed by atoms with Crippen LogP contribution in [0.5, 0.6) is 5.75 Å². The summed E-state index contributed by atoms with van der Waals surface area (Å²) >= 11 is 0. The lowest BCUT2D eigenvalue weighted by Gasteiger charge is -2.44. The molecule has 2 unspecified atom stereocenters. The summed E-state index contributed by atoms with van der Waals surface area (Å²) in [5, 5.41) is 0. The number of amides is 3. The molecule has 2 aliphatic heterocycles. The molecule has 2 heterocycles. The van der Waals surface area contributed by atoms with E-state index in [-0.39, 0.29) is 35.6 Å². The molecule has 2 aromatic rings. The highest BCUT2D eigenvalue weighted by Gasteiger charge is 2.39. The number of methoxy groups -OCH3 is 1. The van der Waals surface area contributed by atoms with Crippen molar-refractivity contribution in [3.8, 4) is 5.75 Å². The van der Waals surface area contributed by atoms with Gasteiger partial charge in [-0.1, -0.05) is 24.3 Å². The van der Waals surface area contributed by atoms with Crippen molar-refractivity contribution in [1.29, 1.82) is 0 Å². The third-order valence-corrected chi connectivity index (χ3v) is 8.75. The van der Waals surface area contributed by atoms with Gasteiger partial charge in [0.1, 0.15) is 5.75 Å². The van der Waals surface area contributed by atoms with Crippen LogP contribution in [0.1, 0.15) is 72.3 Å². The van der Waals surface area contributed by atoms with E-state index in [0.717, 1.165) is 25.0 Å². The smallest absolute Gasteiger partial charge is 0.253 e. The molecule has 1 aliphatic carbocycles. The highest BCUT2D eigenvalue weighted by molar-refractivity contribution is 5.94. The summed E-state index contributed by atoms with van der Waals surface area (Å²) in [6.45, 7) is 4.11. The normalized spacial score (nSPS) is 22.2. The summed E-state index contributed by atoms with van der Waals surface area (Å²) < 4.78 is 5.25. The van der Waals surface area contributed by atoms with E-state index in [1.165, 1.54) is 24.0 Å². The first kappa shape index (κ1) is 26.3. The second kappa shape index (κ2) is 11.2. The molecule has 2 saturated heterocycles. The van der Waals surface area contributed by atoms with E-state index >= 15 is 0 Å². The minimum absolute atomic E-state index is 0.0139. The summed E-state index contributed by atoms with van der Waals surface area (Å²) in [6.07, 6.45) is 4.68. The van der Waals surface area contributed by atoms with Crippen molar-refractivity contribution in [2.45, 2.75) is 56.9 Å². The van der Waals surface area contributed by atoms with Crippen LogP contribution in [0.15, 0.2) is 48.5 Å². The summed E-state index contributed by atoms with van der Waals surface area (Å²) in [6, 6.07) is 16.1. The van der Waals surface area contributed by atoms with E-state index < -0.39 is 0 Å². The fourth-order valence-electron chi connectivity index (χ4n) is 6.15. The zero-order valence-corrected chi connectivity index (χ0v) is 22.8. The van der Waals surface area contributed by atoms with E-state index in [1.807, 2.05) is 46.0 Å². The number of hydrogen-bond acceptors (Lipinski definition) is 4. The van der Waals surface area contributed by atoms with Gasteiger partial charge in [-0.05, 0) is 73.4 Å². The van der Waals surface area contributed by atoms with Crippen molar-refractivity contribution < 1.29 is 19.1 Å². The highest BCUT2D eigenvalue weighted by atomic mass is 16.5. The molecule has 3 aliphatic rings. The predicted molar refractivity (Wildman–Crippen MR) is 146 cm³/mol. The van der Waals surface area contributed by atoms with Gasteiger partial charge in [-0.25, -0.2) is 0 Å². The summed E-state index contributed by atoms with van der Waals surface area (Å²) in [4.78, 5) is 44.5. The van der Waals surface area contributed by atoms with Gasteiger partial charge in [0.25, 0.3) is 5.91 Å². The van der Waals surface area contributed by atoms with E-state index in [1.54, 1.807) is 14.0 Å². The Kier molecular flexibility index (Phi) is 7.73. The highest BCUT2D eigenvalue weighted by Crippen LogP contribution is 2.41. The van der Waals surface area contributed by atoms with Crippen molar-refractivity contribution in [3.63, 3.8) is 0 Å². The number of benzene rings is 2. The van der Waals surface area contributed by atoms with Crippen molar-refractivity contribution in [2.24, 2.45) is 5.92 Å². The van der Waals surface area contributed by atoms with Crippen LogP contribution < -0.4 is 4.74 Å². The van der Waals surface area contributed by atoms with E-state index in [4.69, 9.17) is 4.74 Å². The van der Waals surface area contributed by atoms with Gasteiger partial charge < -0.3 is 19.4 Å². The van der Waals surface area contributed by atoms with Crippen LogP contribution in [0.4, 0.5) is 0 Å². The maximum atomic E-state index is 13.6. The Morgan fingerprint density at radius 1 is 0.816 bits per heavy atom. The largest absolute Gasteiger partial charge is 0.497 e. The number of hydrogen-bond donors (Lipinski definition) is 0. The standard InChI is InChI=1S/C31H39N3O4/c1-21(35)33-17-14-26(15-18-33)31(37)34-19-16-29(32(2)30(36)25-10-12-27(38-3)13-11-25)28(20-34)24-8-6-23(7-9-24)22-4-5-22/h6-13,22,26,28-29H,4-5,14-20H2,1-3H3. The van der Waals surface area contributed by atoms with Crippen LogP contribution in [0.25, 0.3) is 0 Å². The fraction of sp³-hybridized carbons (Fsp3) is 0.516. The Morgan fingerprint density at radius 2 is 1.42 bits per heavy atom. The van der Waals surface area contributed by atoms with Crippen LogP contribution in [0.2, 0.25) is 0 Å². The minimum Gasteiger partial charge on any atom is -0.497 e. The molecule has 0 spiro atoms. The second-order valence-electron chi connectivity index (χ2n) is 11.1. The van der Waals surface area contributed by atoms with Gasteiger partial charge in [0.2, 0.25) is 11.8 Å². The molecule has 5 rings (SSSR count). The van der Waals surface area contributed by atoms with E-state index in [9.17, 15) is 14.4 Å². The lowest BCUT2D eigenvalue weighted by Crippen LogP contribution is -2.53. The molecule has 0 radical (unpaired) electrons. The average molecular weight is 518 g/mol. The van der Waals surface area contributed by atoms with Crippen LogP contribution >= 0.6 is 0 Å². The van der Waals surface area contributed by atoms with Gasteiger partial charge in [0.05, 0.1) is 7.11 Å². The maximum absolute atomic E-state index is 13.6. The summed E-state index contributed by atoms with van der Waals surface area (Å²) in [5.41, 5.74) is 3.19. The SMILES string of the molecule is COc1ccc(C(=O)N(C)C2CCN(C(=O)C3CCN(C(C)=O)CC3)CC2c2ccc(C3CC3)cc2)cc1. The molecule has 0 N–H and O–H groups in total. The van der Waals surface area contributed by atoms with Gasteiger partial charge in [-0.15, -0.1) is 0 Å².